The molecule has 0 aromatic heterocycles. The largest absolute Gasteiger partial charge is 0.466 e. The first kappa shape index (κ1) is 71.6. The molecule has 0 radical (unpaired) electrons. The lowest BCUT2D eigenvalue weighted by Crippen LogP contribution is -2.45. The molecule has 0 aliphatic heterocycles. The van der Waals surface area contributed by atoms with Gasteiger partial charge in [-0.05, 0) is 51.4 Å². The van der Waals surface area contributed by atoms with E-state index in [4.69, 9.17) is 4.74 Å². The van der Waals surface area contributed by atoms with Crippen LogP contribution in [0.1, 0.15) is 380 Å². The van der Waals surface area contributed by atoms with E-state index in [-0.39, 0.29) is 18.5 Å². The second-order valence-corrected chi connectivity index (χ2v) is 23.2. The summed E-state index contributed by atoms with van der Waals surface area (Å²) in [6.07, 6.45) is 76.6. The Hall–Kier alpha value is -1.40. The summed E-state index contributed by atoms with van der Waals surface area (Å²) in [5, 5.41) is 23.4. The number of carbonyl (C=O) groups excluding carboxylic acids is 2. The highest BCUT2D eigenvalue weighted by Crippen LogP contribution is 2.19. The Labute approximate surface area is 457 Å². The smallest absolute Gasteiger partial charge is 0.305 e. The number of amides is 1. The van der Waals surface area contributed by atoms with E-state index in [1.54, 1.807) is 0 Å². The average molecular weight is 1030 g/mol. The van der Waals surface area contributed by atoms with E-state index >= 15 is 0 Å². The highest BCUT2D eigenvalue weighted by atomic mass is 16.5. The first-order valence-electron chi connectivity index (χ1n) is 33.4. The summed E-state index contributed by atoms with van der Waals surface area (Å²) >= 11 is 0. The van der Waals surface area contributed by atoms with Crippen molar-refractivity contribution in [3.63, 3.8) is 0 Å². The van der Waals surface area contributed by atoms with Gasteiger partial charge in [0.05, 0.1) is 25.4 Å². The Morgan fingerprint density at radius 2 is 0.644 bits per heavy atom. The lowest BCUT2D eigenvalue weighted by atomic mass is 10.0. The van der Waals surface area contributed by atoms with Crippen LogP contribution in [0.3, 0.4) is 0 Å². The summed E-state index contributed by atoms with van der Waals surface area (Å²) in [4.78, 5) is 24.6. The summed E-state index contributed by atoms with van der Waals surface area (Å²) in [5.74, 6) is -0.0281. The van der Waals surface area contributed by atoms with Gasteiger partial charge in [-0.1, -0.05) is 328 Å². The fourth-order valence-electron chi connectivity index (χ4n) is 10.7. The average Bonchev–Trinajstić information content (AvgIpc) is 3.39. The van der Waals surface area contributed by atoms with Gasteiger partial charge in [0.1, 0.15) is 0 Å². The molecule has 0 heterocycles. The Kier molecular flexibility index (Phi) is 61.9. The summed E-state index contributed by atoms with van der Waals surface area (Å²) in [6.45, 7) is 4.98. The number of carbonyl (C=O) groups is 2. The molecule has 2 atom stereocenters. The maximum atomic E-state index is 12.5. The van der Waals surface area contributed by atoms with Crippen LogP contribution in [0, 0.1) is 0 Å². The molecule has 0 saturated carbocycles. The molecule has 0 bridgehead atoms. The second-order valence-electron chi connectivity index (χ2n) is 23.2. The van der Waals surface area contributed by atoms with Crippen molar-refractivity contribution in [2.75, 3.05) is 13.2 Å². The van der Waals surface area contributed by atoms with Crippen LogP contribution in [-0.4, -0.2) is 47.4 Å². The van der Waals surface area contributed by atoms with Gasteiger partial charge in [-0.15, -0.1) is 0 Å². The van der Waals surface area contributed by atoms with E-state index in [0.717, 1.165) is 38.5 Å². The van der Waals surface area contributed by atoms with Crippen molar-refractivity contribution in [3.8, 4) is 0 Å². The lowest BCUT2D eigenvalue weighted by molar-refractivity contribution is -0.143. The minimum atomic E-state index is -0.670. The van der Waals surface area contributed by atoms with Gasteiger partial charge < -0.3 is 20.3 Å². The standard InChI is InChI=1S/C67H131NO5/c1-3-5-7-9-11-13-15-17-19-21-27-31-35-39-43-47-51-55-59-65(70)64(63-69)68-66(71)60-56-52-48-44-40-36-32-28-25-23-24-26-30-34-38-42-46-50-54-58-62-73-67(72)61-57-53-49-45-41-37-33-29-22-20-18-16-14-12-10-8-6-4-2/h23,25,64-65,69-70H,3-22,24,26-63H2,1-2H3,(H,68,71)/b25-23-. The number of unbranched alkanes of at least 4 members (excludes halogenated alkanes) is 50. The Bertz CT molecular complexity index is 1100. The van der Waals surface area contributed by atoms with Crippen molar-refractivity contribution in [3.05, 3.63) is 12.2 Å². The predicted octanol–water partition coefficient (Wildman–Crippen LogP) is 21.2. The number of ether oxygens (including phenoxy) is 1. The summed E-state index contributed by atoms with van der Waals surface area (Å²) in [6, 6.07) is -0.548. The Morgan fingerprint density at radius 1 is 0.370 bits per heavy atom. The molecule has 0 rings (SSSR count). The molecule has 0 aromatic carbocycles. The van der Waals surface area contributed by atoms with Crippen LogP contribution in [0.15, 0.2) is 12.2 Å². The van der Waals surface area contributed by atoms with Crippen molar-refractivity contribution in [2.24, 2.45) is 0 Å². The summed E-state index contributed by atoms with van der Waals surface area (Å²) < 4.78 is 5.50. The molecular weight excluding hydrogens is 899 g/mol. The third-order valence-corrected chi connectivity index (χ3v) is 15.8. The molecule has 1 amide bonds. The highest BCUT2D eigenvalue weighted by Gasteiger charge is 2.20. The van der Waals surface area contributed by atoms with Gasteiger partial charge in [0.25, 0.3) is 0 Å². The molecule has 0 fully saturated rings. The van der Waals surface area contributed by atoms with E-state index in [9.17, 15) is 19.8 Å². The molecule has 6 nitrogen and oxygen atoms in total. The van der Waals surface area contributed by atoms with Gasteiger partial charge >= 0.3 is 5.97 Å². The zero-order chi connectivity index (χ0) is 52.9. The van der Waals surface area contributed by atoms with E-state index in [2.05, 4.69) is 31.3 Å². The zero-order valence-electron chi connectivity index (χ0n) is 49.6. The fraction of sp³-hybridized carbons (Fsp3) is 0.940. The Morgan fingerprint density at radius 3 is 0.973 bits per heavy atom. The van der Waals surface area contributed by atoms with E-state index in [0.29, 0.717) is 25.9 Å². The molecule has 0 aromatic rings. The molecule has 3 N–H and O–H groups in total. The van der Waals surface area contributed by atoms with Crippen molar-refractivity contribution in [1.82, 2.24) is 5.32 Å². The molecule has 2 unspecified atom stereocenters. The van der Waals surface area contributed by atoms with E-state index in [1.165, 1.54) is 308 Å². The number of hydrogen-bond acceptors (Lipinski definition) is 5. The third-order valence-electron chi connectivity index (χ3n) is 15.8. The number of aliphatic hydroxyl groups is 2. The number of hydrogen-bond donors (Lipinski definition) is 3. The molecule has 0 spiro atoms. The number of rotatable bonds is 63. The molecular formula is C67H131NO5. The maximum absolute atomic E-state index is 12.5. The van der Waals surface area contributed by atoms with Crippen LogP contribution >= 0.6 is 0 Å². The predicted molar refractivity (Wildman–Crippen MR) is 320 cm³/mol. The van der Waals surface area contributed by atoms with Crippen LogP contribution in [0.2, 0.25) is 0 Å². The monoisotopic (exact) mass is 1030 g/mol. The maximum Gasteiger partial charge on any atom is 0.305 e. The van der Waals surface area contributed by atoms with Crippen molar-refractivity contribution >= 4 is 11.9 Å². The quantitative estimate of drug-likeness (QED) is 0.0320. The summed E-state index contributed by atoms with van der Waals surface area (Å²) in [5.41, 5.74) is 0. The zero-order valence-corrected chi connectivity index (χ0v) is 49.6. The van der Waals surface area contributed by atoms with E-state index < -0.39 is 12.1 Å². The van der Waals surface area contributed by atoms with Crippen molar-refractivity contribution in [1.29, 1.82) is 0 Å². The van der Waals surface area contributed by atoms with Gasteiger partial charge in [0.15, 0.2) is 0 Å². The van der Waals surface area contributed by atoms with Crippen LogP contribution < -0.4 is 5.32 Å². The van der Waals surface area contributed by atoms with Crippen LogP contribution in [0.25, 0.3) is 0 Å². The molecule has 0 saturated heterocycles. The number of aliphatic hydroxyl groups excluding tert-OH is 2. The molecule has 434 valence electrons. The Balaban J connectivity index is 3.40. The first-order valence-corrected chi connectivity index (χ1v) is 33.4. The van der Waals surface area contributed by atoms with Crippen LogP contribution in [0.4, 0.5) is 0 Å². The van der Waals surface area contributed by atoms with E-state index in [1.807, 2.05) is 0 Å². The minimum Gasteiger partial charge on any atom is -0.466 e. The van der Waals surface area contributed by atoms with Crippen molar-refractivity contribution in [2.45, 2.75) is 392 Å². The topological polar surface area (TPSA) is 95.9 Å². The normalized spacial score (nSPS) is 12.5. The SMILES string of the molecule is CCCCCCCCCCCCCCCCCCCCC(=O)OCCCCCCCCCCC/C=C\CCCCCCCCCC(=O)NC(CO)C(O)CCCCCCCCCCCCCCCCCCCC. The van der Waals surface area contributed by atoms with Gasteiger partial charge in [0, 0.05) is 12.8 Å². The molecule has 73 heavy (non-hydrogen) atoms. The van der Waals surface area contributed by atoms with Gasteiger partial charge in [0.2, 0.25) is 5.91 Å². The number of esters is 1. The van der Waals surface area contributed by atoms with Gasteiger partial charge in [-0.2, -0.15) is 0 Å². The number of allylic oxidation sites excluding steroid dienone is 2. The number of nitrogens with one attached hydrogen (secondary N) is 1. The third kappa shape index (κ3) is 59.7. The molecule has 0 aliphatic rings. The second kappa shape index (κ2) is 63.1. The van der Waals surface area contributed by atoms with Gasteiger partial charge in [-0.25, -0.2) is 0 Å². The lowest BCUT2D eigenvalue weighted by Gasteiger charge is -2.22. The van der Waals surface area contributed by atoms with Crippen LogP contribution in [-0.2, 0) is 14.3 Å². The highest BCUT2D eigenvalue weighted by molar-refractivity contribution is 5.76. The summed E-state index contributed by atoms with van der Waals surface area (Å²) in [7, 11) is 0. The molecule has 6 heteroatoms. The van der Waals surface area contributed by atoms with Crippen LogP contribution in [0.5, 0.6) is 0 Å². The minimum absolute atomic E-state index is 0.0117. The molecule has 0 aliphatic carbocycles. The fourth-order valence-corrected chi connectivity index (χ4v) is 10.7. The first-order chi connectivity index (χ1) is 36.0. The van der Waals surface area contributed by atoms with Gasteiger partial charge in [-0.3, -0.25) is 9.59 Å². The van der Waals surface area contributed by atoms with Crippen molar-refractivity contribution < 1.29 is 24.5 Å².